The van der Waals surface area contributed by atoms with Gasteiger partial charge in [0.05, 0.1) is 23.7 Å². The van der Waals surface area contributed by atoms with Crippen molar-refractivity contribution in [1.29, 1.82) is 5.26 Å². The number of rotatable bonds is 2. The molecule has 0 spiro atoms. The van der Waals surface area contributed by atoms with Crippen molar-refractivity contribution >= 4 is 11.6 Å². The molecule has 1 aromatic carbocycles. The van der Waals surface area contributed by atoms with Crippen LogP contribution in [0.5, 0.6) is 0 Å². The van der Waals surface area contributed by atoms with Crippen LogP contribution in [0.25, 0.3) is 0 Å². The third-order valence-electron chi connectivity index (χ3n) is 4.09. The van der Waals surface area contributed by atoms with Crippen molar-refractivity contribution in [1.82, 2.24) is 0 Å². The number of halogens is 2. The highest BCUT2D eigenvalue weighted by Crippen LogP contribution is 2.49. The van der Waals surface area contributed by atoms with Crippen molar-refractivity contribution in [3.05, 3.63) is 34.6 Å². The molecule has 1 aromatic rings. The lowest BCUT2D eigenvalue weighted by molar-refractivity contribution is 0.0785. The lowest BCUT2D eigenvalue weighted by atomic mass is 9.71. The number of nitriles is 1. The molecule has 0 N–H and O–H groups in total. The van der Waals surface area contributed by atoms with E-state index in [2.05, 4.69) is 6.07 Å². The van der Waals surface area contributed by atoms with Crippen LogP contribution in [-0.4, -0.2) is 12.2 Å². The highest BCUT2D eigenvalue weighted by atomic mass is 35.5. The average Bonchev–Trinajstić information content (AvgIpc) is 2.95. The largest absolute Gasteiger partial charge is 0.373 e. The minimum Gasteiger partial charge on any atom is -0.373 e. The molecule has 2 fully saturated rings. The van der Waals surface area contributed by atoms with Crippen molar-refractivity contribution in [3.8, 4) is 6.07 Å². The van der Waals surface area contributed by atoms with Gasteiger partial charge in [-0.2, -0.15) is 5.26 Å². The molecule has 18 heavy (non-hydrogen) atoms. The molecule has 0 amide bonds. The molecule has 0 radical (unpaired) electrons. The van der Waals surface area contributed by atoms with Crippen molar-refractivity contribution in [3.63, 3.8) is 0 Å². The summed E-state index contributed by atoms with van der Waals surface area (Å²) in [6.45, 7) is 0. The highest BCUT2D eigenvalue weighted by molar-refractivity contribution is 6.31. The van der Waals surface area contributed by atoms with Crippen LogP contribution in [0.4, 0.5) is 4.39 Å². The van der Waals surface area contributed by atoms with Gasteiger partial charge in [0.25, 0.3) is 0 Å². The van der Waals surface area contributed by atoms with Gasteiger partial charge in [-0.3, -0.25) is 0 Å². The first-order valence-corrected chi connectivity index (χ1v) is 6.52. The van der Waals surface area contributed by atoms with Crippen molar-refractivity contribution in [2.75, 3.05) is 0 Å². The quantitative estimate of drug-likeness (QED) is 0.820. The summed E-state index contributed by atoms with van der Waals surface area (Å²) in [4.78, 5) is 0. The summed E-state index contributed by atoms with van der Waals surface area (Å²) in [5.74, 6) is -0.333. The van der Waals surface area contributed by atoms with Gasteiger partial charge in [0.15, 0.2) is 0 Å². The van der Waals surface area contributed by atoms with E-state index < -0.39 is 5.41 Å². The Morgan fingerprint density at radius 1 is 1.50 bits per heavy atom. The molecular weight excluding hydrogens is 253 g/mol. The summed E-state index contributed by atoms with van der Waals surface area (Å²) in [7, 11) is 0. The standard InChI is InChI=1S/C14H13ClFNO/c15-11-2-1-3-12(16)10(11)7-14(8-17)6-9-4-5-13(14)18-9/h1-3,9,13H,4-7H2. The van der Waals surface area contributed by atoms with Gasteiger partial charge in [0.1, 0.15) is 5.82 Å². The topological polar surface area (TPSA) is 33.0 Å². The van der Waals surface area contributed by atoms with Gasteiger partial charge in [0, 0.05) is 10.6 Å². The summed E-state index contributed by atoms with van der Waals surface area (Å²) in [6, 6.07) is 7.00. The zero-order chi connectivity index (χ0) is 12.8. The molecule has 2 heterocycles. The van der Waals surface area contributed by atoms with Gasteiger partial charge in [0.2, 0.25) is 0 Å². The lowest BCUT2D eigenvalue weighted by Gasteiger charge is -2.28. The van der Waals surface area contributed by atoms with Gasteiger partial charge >= 0.3 is 0 Å². The zero-order valence-electron chi connectivity index (χ0n) is 9.83. The second-order valence-corrected chi connectivity index (χ2v) is 5.58. The van der Waals surface area contributed by atoms with Crippen LogP contribution in [0.2, 0.25) is 5.02 Å². The molecule has 0 saturated carbocycles. The van der Waals surface area contributed by atoms with Crippen molar-refractivity contribution in [2.24, 2.45) is 5.41 Å². The lowest BCUT2D eigenvalue weighted by Crippen LogP contribution is -2.33. The van der Waals surface area contributed by atoms with Gasteiger partial charge in [-0.1, -0.05) is 17.7 Å². The van der Waals surface area contributed by atoms with Crippen LogP contribution in [0.15, 0.2) is 18.2 Å². The fraction of sp³-hybridized carbons (Fsp3) is 0.500. The Morgan fingerprint density at radius 2 is 2.33 bits per heavy atom. The van der Waals surface area contributed by atoms with Gasteiger partial charge in [-0.15, -0.1) is 0 Å². The number of ether oxygens (including phenoxy) is 1. The minimum absolute atomic E-state index is 0.0665. The molecule has 3 unspecified atom stereocenters. The Balaban J connectivity index is 1.94. The van der Waals surface area contributed by atoms with Crippen LogP contribution in [0, 0.1) is 22.6 Å². The van der Waals surface area contributed by atoms with E-state index in [1.165, 1.54) is 6.07 Å². The third kappa shape index (κ3) is 1.72. The van der Waals surface area contributed by atoms with Gasteiger partial charge < -0.3 is 4.74 Å². The Hall–Kier alpha value is -1.11. The molecule has 2 bridgehead atoms. The molecule has 0 aliphatic carbocycles. The van der Waals surface area contributed by atoms with Gasteiger partial charge in [-0.05, 0) is 37.8 Å². The number of hydrogen-bond donors (Lipinski definition) is 0. The second-order valence-electron chi connectivity index (χ2n) is 5.17. The number of benzene rings is 1. The van der Waals surface area contributed by atoms with Crippen molar-refractivity contribution in [2.45, 2.75) is 37.9 Å². The maximum atomic E-state index is 13.8. The minimum atomic E-state index is -0.602. The summed E-state index contributed by atoms with van der Waals surface area (Å²) >= 11 is 6.04. The van der Waals surface area contributed by atoms with E-state index in [-0.39, 0.29) is 18.0 Å². The maximum absolute atomic E-state index is 13.8. The molecule has 2 nitrogen and oxygen atoms in total. The fourth-order valence-electron chi connectivity index (χ4n) is 3.16. The third-order valence-corrected chi connectivity index (χ3v) is 4.45. The zero-order valence-corrected chi connectivity index (χ0v) is 10.6. The van der Waals surface area contributed by atoms with Crippen molar-refractivity contribution < 1.29 is 9.13 Å². The van der Waals surface area contributed by atoms with E-state index in [1.807, 2.05) is 0 Å². The Labute approximate surface area is 110 Å². The van der Waals surface area contributed by atoms with Gasteiger partial charge in [-0.25, -0.2) is 4.39 Å². The number of fused-ring (bicyclic) bond motifs is 2. The number of hydrogen-bond acceptors (Lipinski definition) is 2. The smallest absolute Gasteiger partial charge is 0.127 e. The molecule has 3 atom stereocenters. The molecule has 3 rings (SSSR count). The molecule has 2 aliphatic rings. The maximum Gasteiger partial charge on any atom is 0.127 e. The van der Waals surface area contributed by atoms with E-state index in [4.69, 9.17) is 16.3 Å². The van der Waals surface area contributed by atoms with E-state index >= 15 is 0 Å². The van der Waals surface area contributed by atoms with Crippen LogP contribution >= 0.6 is 11.6 Å². The van der Waals surface area contributed by atoms with Crippen LogP contribution in [-0.2, 0) is 11.2 Å². The van der Waals surface area contributed by atoms with E-state index in [0.29, 0.717) is 23.4 Å². The number of nitrogens with zero attached hydrogens (tertiary/aromatic N) is 1. The summed E-state index contributed by atoms with van der Waals surface area (Å²) in [5, 5.41) is 9.88. The molecule has 2 saturated heterocycles. The first kappa shape index (κ1) is 12.0. The fourth-order valence-corrected chi connectivity index (χ4v) is 3.39. The van der Waals surface area contributed by atoms with E-state index in [0.717, 1.165) is 12.8 Å². The molecule has 2 aliphatic heterocycles. The molecule has 0 aromatic heterocycles. The predicted octanol–water partition coefficient (Wildman–Crippen LogP) is 3.48. The highest BCUT2D eigenvalue weighted by Gasteiger charge is 2.53. The molecule has 94 valence electrons. The van der Waals surface area contributed by atoms with Crippen LogP contribution < -0.4 is 0 Å². The Bertz CT molecular complexity index is 507. The van der Waals surface area contributed by atoms with E-state index in [1.54, 1.807) is 12.1 Å². The Morgan fingerprint density at radius 3 is 2.89 bits per heavy atom. The average molecular weight is 266 g/mol. The normalized spacial score (nSPS) is 33.6. The molecule has 4 heteroatoms. The summed E-state index contributed by atoms with van der Waals surface area (Å²) < 4.78 is 19.6. The van der Waals surface area contributed by atoms with Crippen LogP contribution in [0.1, 0.15) is 24.8 Å². The SMILES string of the molecule is N#CC1(Cc2c(F)cccc2Cl)CC2CCC1O2. The summed E-state index contributed by atoms with van der Waals surface area (Å²) in [5.41, 5.74) is -0.161. The summed E-state index contributed by atoms with van der Waals surface area (Å²) in [6.07, 6.45) is 3.04. The first-order valence-electron chi connectivity index (χ1n) is 6.14. The van der Waals surface area contributed by atoms with E-state index in [9.17, 15) is 9.65 Å². The van der Waals surface area contributed by atoms with Crippen LogP contribution in [0.3, 0.4) is 0 Å². The first-order chi connectivity index (χ1) is 8.64. The monoisotopic (exact) mass is 265 g/mol. The Kier molecular flexibility index (Phi) is 2.80. The second kappa shape index (κ2) is 4.22. The predicted molar refractivity (Wildman–Crippen MR) is 65.7 cm³/mol. The molecular formula is C14H13ClFNO.